The van der Waals surface area contributed by atoms with Crippen molar-refractivity contribution in [1.29, 1.82) is 5.26 Å². The maximum atomic E-state index is 15.2. The lowest BCUT2D eigenvalue weighted by Crippen LogP contribution is -2.11. The van der Waals surface area contributed by atoms with Gasteiger partial charge in [-0.25, -0.2) is 9.18 Å². The van der Waals surface area contributed by atoms with Gasteiger partial charge in [0, 0.05) is 11.1 Å². The van der Waals surface area contributed by atoms with E-state index in [1.165, 1.54) is 50.3 Å². The van der Waals surface area contributed by atoms with Gasteiger partial charge < -0.3 is 14.6 Å². The Kier molecular flexibility index (Phi) is 10.5. The fraction of sp³-hybridized carbons (Fsp3) is 0.462. The monoisotopic (exact) mass is 441 g/mol. The highest BCUT2D eigenvalue weighted by molar-refractivity contribution is 5.80. The normalized spacial score (nSPS) is 10.6. The highest BCUT2D eigenvalue weighted by Crippen LogP contribution is 2.39. The molecule has 1 N–H and O–H groups in total. The van der Waals surface area contributed by atoms with E-state index in [4.69, 9.17) is 9.47 Å². The smallest absolute Gasteiger partial charge is 0.505 e. The number of halogens is 1. The molecule has 0 unspecified atom stereocenters. The topological polar surface area (TPSA) is 79.5 Å². The molecule has 172 valence electrons. The molecule has 2 aromatic carbocycles. The second-order valence-electron chi connectivity index (χ2n) is 7.74. The minimum absolute atomic E-state index is 0.0524. The second-order valence-corrected chi connectivity index (χ2v) is 7.74. The molecule has 0 bridgehead atoms. The van der Waals surface area contributed by atoms with Crippen molar-refractivity contribution in [2.75, 3.05) is 6.61 Å². The van der Waals surface area contributed by atoms with E-state index in [2.05, 4.69) is 6.92 Å². The average Bonchev–Trinajstić information content (AvgIpc) is 2.79. The summed E-state index contributed by atoms with van der Waals surface area (Å²) in [6.45, 7) is 3.97. The van der Waals surface area contributed by atoms with Gasteiger partial charge in [0.2, 0.25) is 0 Å². The SMILES string of the molecule is CCCCCCCCCCc1cc(C#N)c(-c2ccccc2OC(=O)OCC)c(F)c1O. The van der Waals surface area contributed by atoms with Crippen LogP contribution in [0.1, 0.15) is 76.3 Å². The number of para-hydroxylation sites is 1. The van der Waals surface area contributed by atoms with Crippen LogP contribution >= 0.6 is 0 Å². The first-order chi connectivity index (χ1) is 15.5. The van der Waals surface area contributed by atoms with Crippen molar-refractivity contribution < 1.29 is 23.8 Å². The number of carbonyl (C=O) groups is 1. The lowest BCUT2D eigenvalue weighted by molar-refractivity contribution is 0.104. The van der Waals surface area contributed by atoms with Crippen molar-refractivity contribution in [3.05, 3.63) is 47.3 Å². The molecule has 0 saturated carbocycles. The Balaban J connectivity index is 2.18. The number of nitriles is 1. The number of benzene rings is 2. The minimum Gasteiger partial charge on any atom is -0.505 e. The van der Waals surface area contributed by atoms with Gasteiger partial charge in [0.15, 0.2) is 11.6 Å². The van der Waals surface area contributed by atoms with E-state index in [9.17, 15) is 15.2 Å². The Morgan fingerprint density at radius 2 is 1.72 bits per heavy atom. The van der Waals surface area contributed by atoms with Gasteiger partial charge in [-0.3, -0.25) is 0 Å². The zero-order valence-electron chi connectivity index (χ0n) is 19.0. The maximum Gasteiger partial charge on any atom is 0.513 e. The summed E-state index contributed by atoms with van der Waals surface area (Å²) in [5.41, 5.74) is 0.598. The number of nitrogens with zero attached hydrogens (tertiary/aromatic N) is 1. The summed E-state index contributed by atoms with van der Waals surface area (Å²) in [4.78, 5) is 11.7. The molecule has 0 aliphatic rings. The average molecular weight is 442 g/mol. The molecule has 0 spiro atoms. The molecule has 0 heterocycles. The van der Waals surface area contributed by atoms with Gasteiger partial charge in [-0.05, 0) is 37.5 Å². The van der Waals surface area contributed by atoms with Gasteiger partial charge in [0.25, 0.3) is 0 Å². The molecule has 0 aliphatic heterocycles. The van der Waals surface area contributed by atoms with Gasteiger partial charge in [-0.15, -0.1) is 0 Å². The maximum absolute atomic E-state index is 15.2. The van der Waals surface area contributed by atoms with E-state index in [0.717, 1.165) is 19.3 Å². The van der Waals surface area contributed by atoms with Crippen molar-refractivity contribution in [3.8, 4) is 28.7 Å². The van der Waals surface area contributed by atoms with Gasteiger partial charge in [0.1, 0.15) is 5.75 Å². The highest BCUT2D eigenvalue weighted by atomic mass is 19.1. The second kappa shape index (κ2) is 13.4. The molecule has 6 heteroatoms. The summed E-state index contributed by atoms with van der Waals surface area (Å²) in [7, 11) is 0. The predicted molar refractivity (Wildman–Crippen MR) is 122 cm³/mol. The number of carbonyl (C=O) groups excluding carboxylic acids is 1. The first kappa shape index (κ1) is 25.2. The third kappa shape index (κ3) is 6.98. The molecular formula is C26H32FNO4. The summed E-state index contributed by atoms with van der Waals surface area (Å²) < 4.78 is 25.2. The van der Waals surface area contributed by atoms with Crippen molar-refractivity contribution >= 4 is 6.16 Å². The fourth-order valence-corrected chi connectivity index (χ4v) is 3.68. The molecule has 5 nitrogen and oxygen atoms in total. The molecule has 0 amide bonds. The summed E-state index contributed by atoms with van der Waals surface area (Å²) in [5, 5.41) is 20.2. The number of unbranched alkanes of at least 4 members (excludes halogenated alkanes) is 7. The first-order valence-electron chi connectivity index (χ1n) is 11.4. The molecule has 0 fully saturated rings. The van der Waals surface area contributed by atoms with E-state index in [1.807, 2.05) is 6.07 Å². The Hall–Kier alpha value is -3.07. The first-order valence-corrected chi connectivity index (χ1v) is 11.4. The van der Waals surface area contributed by atoms with Crippen LogP contribution in [0.25, 0.3) is 11.1 Å². The lowest BCUT2D eigenvalue weighted by Gasteiger charge is -2.15. The molecule has 2 aromatic rings. The molecule has 32 heavy (non-hydrogen) atoms. The minimum atomic E-state index is -0.922. The van der Waals surface area contributed by atoms with Crippen LogP contribution in [0.2, 0.25) is 0 Å². The predicted octanol–water partition coefficient (Wildman–Crippen LogP) is 7.29. The number of rotatable bonds is 12. The van der Waals surface area contributed by atoms with Crippen LogP contribution in [0, 0.1) is 17.1 Å². The molecule has 0 aliphatic carbocycles. The van der Waals surface area contributed by atoms with Crippen LogP contribution in [0.3, 0.4) is 0 Å². The van der Waals surface area contributed by atoms with Crippen LogP contribution in [0.15, 0.2) is 30.3 Å². The van der Waals surface area contributed by atoms with Crippen LogP contribution < -0.4 is 4.74 Å². The number of aromatic hydroxyl groups is 1. The van der Waals surface area contributed by atoms with E-state index >= 15 is 4.39 Å². The number of phenols is 1. The third-order valence-electron chi connectivity index (χ3n) is 5.35. The van der Waals surface area contributed by atoms with Crippen LogP contribution in [0.5, 0.6) is 11.5 Å². The highest BCUT2D eigenvalue weighted by Gasteiger charge is 2.22. The van der Waals surface area contributed by atoms with Gasteiger partial charge in [0.05, 0.1) is 18.2 Å². The molecule has 0 atom stereocenters. The Morgan fingerprint density at radius 1 is 1.06 bits per heavy atom. The van der Waals surface area contributed by atoms with Crippen LogP contribution in [0.4, 0.5) is 9.18 Å². The van der Waals surface area contributed by atoms with Crippen molar-refractivity contribution in [1.82, 2.24) is 0 Å². The van der Waals surface area contributed by atoms with Crippen LogP contribution in [-0.2, 0) is 11.2 Å². The van der Waals surface area contributed by atoms with Gasteiger partial charge in [-0.2, -0.15) is 5.26 Å². The zero-order chi connectivity index (χ0) is 23.3. The van der Waals surface area contributed by atoms with Crippen LogP contribution in [-0.4, -0.2) is 17.9 Å². The standard InChI is InChI=1S/C26H32FNO4/c1-3-5-6-7-8-9-10-11-14-19-17-20(18-28)23(24(27)25(19)29)21-15-12-13-16-22(21)32-26(30)31-4-2/h12-13,15-17,29H,3-11,14H2,1-2H3. The molecule has 0 aromatic heterocycles. The largest absolute Gasteiger partial charge is 0.513 e. The quantitative estimate of drug-likeness (QED) is 0.212. The van der Waals surface area contributed by atoms with Gasteiger partial charge >= 0.3 is 6.16 Å². The van der Waals surface area contributed by atoms with Crippen molar-refractivity contribution in [3.63, 3.8) is 0 Å². The number of ether oxygens (including phenoxy) is 2. The number of aryl methyl sites for hydroxylation is 1. The van der Waals surface area contributed by atoms with E-state index in [0.29, 0.717) is 12.0 Å². The Labute approximate surface area is 189 Å². The summed E-state index contributed by atoms with van der Waals surface area (Å²) in [5.74, 6) is -1.30. The van der Waals surface area contributed by atoms with E-state index in [-0.39, 0.29) is 29.0 Å². The summed E-state index contributed by atoms with van der Waals surface area (Å²) in [6.07, 6.45) is 8.65. The van der Waals surface area contributed by atoms with E-state index < -0.39 is 17.7 Å². The fourth-order valence-electron chi connectivity index (χ4n) is 3.68. The number of phenolic OH excluding ortho intramolecular Hbond substituents is 1. The summed E-state index contributed by atoms with van der Waals surface area (Å²) in [6, 6.07) is 9.82. The molecular weight excluding hydrogens is 409 g/mol. The van der Waals surface area contributed by atoms with Crippen molar-refractivity contribution in [2.24, 2.45) is 0 Å². The number of hydrogen-bond acceptors (Lipinski definition) is 5. The summed E-state index contributed by atoms with van der Waals surface area (Å²) >= 11 is 0. The van der Waals surface area contributed by atoms with Gasteiger partial charge in [-0.1, -0.05) is 70.1 Å². The number of hydrogen-bond donors (Lipinski definition) is 1. The zero-order valence-corrected chi connectivity index (χ0v) is 19.0. The Morgan fingerprint density at radius 3 is 2.38 bits per heavy atom. The molecule has 0 radical (unpaired) electrons. The Bertz CT molecular complexity index is 936. The lowest BCUT2D eigenvalue weighted by atomic mass is 9.94. The van der Waals surface area contributed by atoms with Crippen molar-refractivity contribution in [2.45, 2.75) is 71.6 Å². The molecule has 2 rings (SSSR count). The van der Waals surface area contributed by atoms with E-state index in [1.54, 1.807) is 19.1 Å². The third-order valence-corrected chi connectivity index (χ3v) is 5.35. The molecule has 0 saturated heterocycles.